The molecule has 1 saturated heterocycles. The van der Waals surface area contributed by atoms with Crippen molar-refractivity contribution in [2.75, 3.05) is 27.4 Å². The lowest BCUT2D eigenvalue weighted by Crippen LogP contribution is -2.49. The van der Waals surface area contributed by atoms with Gasteiger partial charge >= 0.3 is 0 Å². The van der Waals surface area contributed by atoms with Crippen LogP contribution in [0.4, 0.5) is 0 Å². The fraction of sp³-hybridized carbons (Fsp3) is 0.556. The second kappa shape index (κ2) is 11.7. The van der Waals surface area contributed by atoms with Crippen LogP contribution in [-0.2, 0) is 22.5 Å². The van der Waals surface area contributed by atoms with Crippen LogP contribution in [0.5, 0.6) is 11.5 Å². The number of ether oxygens (including phenoxy) is 4. The van der Waals surface area contributed by atoms with Gasteiger partial charge in [-0.2, -0.15) is 0 Å². The SMILES string of the molecule is COc1ccc(CCO[C@@H]2CCCC[C@H]2N2CCCC2OCc2ccccc2)cc1OC. The molecule has 5 heteroatoms. The van der Waals surface area contributed by atoms with Crippen LogP contribution in [0.2, 0.25) is 0 Å². The van der Waals surface area contributed by atoms with Crippen molar-refractivity contribution in [1.82, 2.24) is 4.90 Å². The molecule has 3 atom stereocenters. The van der Waals surface area contributed by atoms with E-state index in [1.807, 2.05) is 6.07 Å². The number of hydrogen-bond acceptors (Lipinski definition) is 5. The van der Waals surface area contributed by atoms with E-state index in [1.165, 1.54) is 36.8 Å². The molecule has 174 valence electrons. The van der Waals surface area contributed by atoms with Crippen LogP contribution < -0.4 is 9.47 Å². The van der Waals surface area contributed by atoms with Crippen LogP contribution in [0.25, 0.3) is 0 Å². The molecule has 0 amide bonds. The van der Waals surface area contributed by atoms with Gasteiger partial charge in [0.25, 0.3) is 0 Å². The molecule has 1 heterocycles. The van der Waals surface area contributed by atoms with Gasteiger partial charge in [-0.1, -0.05) is 49.2 Å². The Morgan fingerprint density at radius 1 is 0.812 bits per heavy atom. The third kappa shape index (κ3) is 5.83. The summed E-state index contributed by atoms with van der Waals surface area (Å²) in [6, 6.07) is 17.1. The summed E-state index contributed by atoms with van der Waals surface area (Å²) >= 11 is 0. The van der Waals surface area contributed by atoms with Crippen molar-refractivity contribution in [3.05, 3.63) is 59.7 Å². The van der Waals surface area contributed by atoms with E-state index in [9.17, 15) is 0 Å². The Kier molecular flexibility index (Phi) is 8.43. The topological polar surface area (TPSA) is 40.2 Å². The molecule has 0 radical (unpaired) electrons. The lowest BCUT2D eigenvalue weighted by molar-refractivity contribution is -0.108. The molecular formula is C27H37NO4. The highest BCUT2D eigenvalue weighted by atomic mass is 16.5. The van der Waals surface area contributed by atoms with Crippen LogP contribution in [-0.4, -0.2) is 50.6 Å². The average molecular weight is 440 g/mol. The maximum absolute atomic E-state index is 6.48. The van der Waals surface area contributed by atoms with Gasteiger partial charge in [0.15, 0.2) is 11.5 Å². The fourth-order valence-corrected chi connectivity index (χ4v) is 5.10. The number of nitrogens with zero attached hydrogens (tertiary/aromatic N) is 1. The van der Waals surface area contributed by atoms with Gasteiger partial charge in [-0.3, -0.25) is 4.90 Å². The third-order valence-electron chi connectivity index (χ3n) is 6.79. The molecule has 1 aliphatic carbocycles. The normalized spacial score (nSPS) is 23.9. The largest absolute Gasteiger partial charge is 0.493 e. The molecular weight excluding hydrogens is 402 g/mol. The molecule has 2 aliphatic rings. The lowest BCUT2D eigenvalue weighted by Gasteiger charge is -2.40. The van der Waals surface area contributed by atoms with Gasteiger partial charge in [0.05, 0.1) is 33.5 Å². The van der Waals surface area contributed by atoms with Crippen molar-refractivity contribution in [2.45, 2.75) is 69.9 Å². The van der Waals surface area contributed by atoms with E-state index < -0.39 is 0 Å². The molecule has 1 aliphatic heterocycles. The molecule has 0 N–H and O–H groups in total. The molecule has 1 unspecified atom stereocenters. The Balaban J connectivity index is 1.32. The van der Waals surface area contributed by atoms with Gasteiger partial charge in [0.1, 0.15) is 6.23 Å². The van der Waals surface area contributed by atoms with Gasteiger partial charge in [-0.25, -0.2) is 0 Å². The van der Waals surface area contributed by atoms with Crippen molar-refractivity contribution in [2.24, 2.45) is 0 Å². The Hall–Kier alpha value is -2.08. The third-order valence-corrected chi connectivity index (χ3v) is 6.79. The standard InChI is InChI=1S/C27H37NO4/c1-29-25-15-14-21(19-26(25)30-2)16-18-31-24-12-7-6-11-23(24)28-17-8-13-27(28)32-20-22-9-4-3-5-10-22/h3-5,9-10,14-15,19,23-24,27H,6-8,11-13,16-18,20H2,1-2H3/t23-,24-,27?/m1/s1. The van der Waals surface area contributed by atoms with E-state index in [0.29, 0.717) is 12.6 Å². The number of likely N-dealkylation sites (tertiary alicyclic amines) is 1. The summed E-state index contributed by atoms with van der Waals surface area (Å²) in [5.74, 6) is 1.54. The molecule has 2 aromatic carbocycles. The van der Waals surface area contributed by atoms with E-state index in [-0.39, 0.29) is 12.3 Å². The van der Waals surface area contributed by atoms with E-state index in [0.717, 1.165) is 43.9 Å². The van der Waals surface area contributed by atoms with Crippen molar-refractivity contribution < 1.29 is 18.9 Å². The molecule has 0 bridgehead atoms. The van der Waals surface area contributed by atoms with Crippen molar-refractivity contribution >= 4 is 0 Å². The van der Waals surface area contributed by atoms with E-state index >= 15 is 0 Å². The van der Waals surface area contributed by atoms with Crippen LogP contribution in [0.15, 0.2) is 48.5 Å². The lowest BCUT2D eigenvalue weighted by atomic mass is 9.91. The predicted octanol–water partition coefficient (Wildman–Crippen LogP) is 5.21. The van der Waals surface area contributed by atoms with Crippen LogP contribution in [0.1, 0.15) is 49.7 Å². The molecule has 2 fully saturated rings. The van der Waals surface area contributed by atoms with Crippen molar-refractivity contribution in [3.63, 3.8) is 0 Å². The Morgan fingerprint density at radius 3 is 2.44 bits per heavy atom. The van der Waals surface area contributed by atoms with E-state index in [4.69, 9.17) is 18.9 Å². The zero-order chi connectivity index (χ0) is 22.2. The zero-order valence-electron chi connectivity index (χ0n) is 19.5. The summed E-state index contributed by atoms with van der Waals surface area (Å²) in [4.78, 5) is 2.59. The number of hydrogen-bond donors (Lipinski definition) is 0. The van der Waals surface area contributed by atoms with E-state index in [2.05, 4.69) is 47.4 Å². The summed E-state index contributed by atoms with van der Waals surface area (Å²) in [5.41, 5.74) is 2.45. The maximum atomic E-state index is 6.48. The van der Waals surface area contributed by atoms with Crippen molar-refractivity contribution in [1.29, 1.82) is 0 Å². The molecule has 0 spiro atoms. The second-order valence-electron chi connectivity index (χ2n) is 8.83. The second-order valence-corrected chi connectivity index (χ2v) is 8.83. The van der Waals surface area contributed by atoms with Crippen LogP contribution >= 0.6 is 0 Å². The maximum Gasteiger partial charge on any atom is 0.160 e. The summed E-state index contributed by atoms with van der Waals surface area (Å²) in [5, 5.41) is 0. The first-order valence-electron chi connectivity index (χ1n) is 12.0. The minimum absolute atomic E-state index is 0.204. The van der Waals surface area contributed by atoms with Gasteiger partial charge < -0.3 is 18.9 Å². The first-order chi connectivity index (χ1) is 15.8. The smallest absolute Gasteiger partial charge is 0.160 e. The fourth-order valence-electron chi connectivity index (χ4n) is 5.10. The minimum Gasteiger partial charge on any atom is -0.493 e. The number of methoxy groups -OCH3 is 2. The molecule has 5 nitrogen and oxygen atoms in total. The first kappa shape index (κ1) is 23.1. The molecule has 32 heavy (non-hydrogen) atoms. The van der Waals surface area contributed by atoms with Gasteiger partial charge in [0.2, 0.25) is 0 Å². The molecule has 1 saturated carbocycles. The summed E-state index contributed by atoms with van der Waals surface area (Å²) in [6.07, 6.45) is 8.54. The quantitative estimate of drug-likeness (QED) is 0.508. The molecule has 0 aromatic heterocycles. The van der Waals surface area contributed by atoms with Gasteiger partial charge in [0, 0.05) is 12.6 Å². The van der Waals surface area contributed by atoms with E-state index in [1.54, 1.807) is 14.2 Å². The Bertz CT molecular complexity index is 828. The zero-order valence-corrected chi connectivity index (χ0v) is 19.5. The highest BCUT2D eigenvalue weighted by molar-refractivity contribution is 5.42. The summed E-state index contributed by atoms with van der Waals surface area (Å²) < 4.78 is 23.6. The average Bonchev–Trinajstić information content (AvgIpc) is 3.32. The summed E-state index contributed by atoms with van der Waals surface area (Å²) in [7, 11) is 3.34. The van der Waals surface area contributed by atoms with Crippen molar-refractivity contribution in [3.8, 4) is 11.5 Å². The van der Waals surface area contributed by atoms with Gasteiger partial charge in [-0.15, -0.1) is 0 Å². The van der Waals surface area contributed by atoms with Gasteiger partial charge in [-0.05, 0) is 55.4 Å². The number of benzene rings is 2. The molecule has 4 rings (SSSR count). The number of rotatable bonds is 10. The highest BCUT2D eigenvalue weighted by Gasteiger charge is 2.37. The Morgan fingerprint density at radius 2 is 1.62 bits per heavy atom. The summed E-state index contributed by atoms with van der Waals surface area (Å²) in [6.45, 7) is 2.51. The predicted molar refractivity (Wildman–Crippen MR) is 126 cm³/mol. The minimum atomic E-state index is 0.204. The van der Waals surface area contributed by atoms with Crippen LogP contribution in [0.3, 0.4) is 0 Å². The monoisotopic (exact) mass is 439 g/mol. The Labute approximate surface area is 192 Å². The molecule has 2 aromatic rings. The first-order valence-corrected chi connectivity index (χ1v) is 12.0. The highest BCUT2D eigenvalue weighted by Crippen LogP contribution is 2.32. The van der Waals surface area contributed by atoms with Crippen LogP contribution in [0, 0.1) is 0 Å².